The highest BCUT2D eigenvalue weighted by molar-refractivity contribution is 5.93. The molecule has 21 heavy (non-hydrogen) atoms. The number of amides is 1. The number of nitrogens with one attached hydrogen (secondary N) is 1. The SMILES string of the molecule is Cc1nn(C)c(C)c1-c1cc(C(=O)N2CC[C@@H](O)C2)[nH]n1. The van der Waals surface area contributed by atoms with Gasteiger partial charge < -0.3 is 10.0 Å². The number of rotatable bonds is 2. The minimum absolute atomic E-state index is 0.121. The van der Waals surface area contributed by atoms with Crippen LogP contribution >= 0.6 is 0 Å². The topological polar surface area (TPSA) is 87.0 Å². The summed E-state index contributed by atoms with van der Waals surface area (Å²) in [5, 5.41) is 20.9. The Morgan fingerprint density at radius 2 is 2.24 bits per heavy atom. The predicted octanol–water partition coefficient (Wildman–Crippen LogP) is 0.634. The number of carbonyl (C=O) groups excluding carboxylic acids is 1. The van der Waals surface area contributed by atoms with Crippen LogP contribution in [0.5, 0.6) is 0 Å². The molecule has 0 aliphatic carbocycles. The van der Waals surface area contributed by atoms with E-state index in [1.54, 1.807) is 15.6 Å². The molecule has 0 unspecified atom stereocenters. The molecular formula is C14H19N5O2. The Labute approximate surface area is 122 Å². The van der Waals surface area contributed by atoms with Gasteiger partial charge in [0, 0.05) is 31.4 Å². The van der Waals surface area contributed by atoms with E-state index in [2.05, 4.69) is 15.3 Å². The summed E-state index contributed by atoms with van der Waals surface area (Å²) in [4.78, 5) is 14.0. The standard InChI is InChI=1S/C14H19N5O2/c1-8-13(9(2)18(3)17-8)11-6-12(16-15-11)14(21)19-5-4-10(20)7-19/h6,10,20H,4-5,7H2,1-3H3,(H,15,16)/t10-/m1/s1. The first kappa shape index (κ1) is 13.8. The number of β-amino-alcohol motifs (C(OH)–C–C–N with tert-alkyl or cyclic N) is 1. The van der Waals surface area contributed by atoms with Crippen molar-refractivity contribution >= 4 is 5.91 Å². The highest BCUT2D eigenvalue weighted by atomic mass is 16.3. The predicted molar refractivity (Wildman–Crippen MR) is 76.8 cm³/mol. The summed E-state index contributed by atoms with van der Waals surface area (Å²) >= 11 is 0. The Bertz CT molecular complexity index is 688. The summed E-state index contributed by atoms with van der Waals surface area (Å²) in [7, 11) is 1.89. The average Bonchev–Trinajstić information content (AvgIpc) is 3.11. The van der Waals surface area contributed by atoms with Crippen LogP contribution in [0.15, 0.2) is 6.07 Å². The van der Waals surface area contributed by atoms with Gasteiger partial charge in [0.05, 0.1) is 17.5 Å². The van der Waals surface area contributed by atoms with Gasteiger partial charge in [-0.05, 0) is 26.3 Å². The van der Waals surface area contributed by atoms with Crippen molar-refractivity contribution in [2.75, 3.05) is 13.1 Å². The molecule has 3 heterocycles. The van der Waals surface area contributed by atoms with Crippen molar-refractivity contribution in [3.63, 3.8) is 0 Å². The number of aliphatic hydroxyl groups excluding tert-OH is 1. The van der Waals surface area contributed by atoms with E-state index in [1.807, 2.05) is 20.9 Å². The van der Waals surface area contributed by atoms with Gasteiger partial charge in [0.2, 0.25) is 0 Å². The molecule has 7 nitrogen and oxygen atoms in total. The Kier molecular flexibility index (Phi) is 3.29. The fourth-order valence-electron chi connectivity index (χ4n) is 2.80. The number of likely N-dealkylation sites (tertiary alicyclic amines) is 1. The number of aliphatic hydroxyl groups is 1. The molecule has 0 aromatic carbocycles. The monoisotopic (exact) mass is 289 g/mol. The lowest BCUT2D eigenvalue weighted by Gasteiger charge is -2.13. The second kappa shape index (κ2) is 5.00. The van der Waals surface area contributed by atoms with Crippen LogP contribution in [-0.4, -0.2) is 55.1 Å². The maximum Gasteiger partial charge on any atom is 0.271 e. The van der Waals surface area contributed by atoms with Crippen LogP contribution in [0.1, 0.15) is 28.3 Å². The Morgan fingerprint density at radius 3 is 2.81 bits per heavy atom. The molecule has 1 fully saturated rings. The summed E-state index contributed by atoms with van der Waals surface area (Å²) in [6.45, 7) is 4.87. The summed E-state index contributed by atoms with van der Waals surface area (Å²) < 4.78 is 1.80. The zero-order chi connectivity index (χ0) is 15.1. The summed E-state index contributed by atoms with van der Waals surface area (Å²) in [5.41, 5.74) is 4.02. The number of carbonyl (C=O) groups is 1. The molecule has 0 spiro atoms. The van der Waals surface area contributed by atoms with E-state index < -0.39 is 6.10 Å². The molecule has 0 saturated carbocycles. The molecule has 0 radical (unpaired) electrons. The van der Waals surface area contributed by atoms with Crippen molar-refractivity contribution in [2.24, 2.45) is 7.05 Å². The lowest BCUT2D eigenvalue weighted by atomic mass is 10.1. The van der Waals surface area contributed by atoms with E-state index >= 15 is 0 Å². The lowest BCUT2D eigenvalue weighted by molar-refractivity contribution is 0.0759. The largest absolute Gasteiger partial charge is 0.391 e. The normalized spacial score (nSPS) is 18.5. The van der Waals surface area contributed by atoms with Crippen LogP contribution < -0.4 is 0 Å². The van der Waals surface area contributed by atoms with Crippen molar-refractivity contribution in [3.8, 4) is 11.3 Å². The second-order valence-electron chi connectivity index (χ2n) is 5.53. The molecule has 7 heteroatoms. The molecule has 0 bridgehead atoms. The molecule has 1 aliphatic rings. The first-order valence-corrected chi connectivity index (χ1v) is 7.00. The zero-order valence-corrected chi connectivity index (χ0v) is 12.4. The first-order valence-electron chi connectivity index (χ1n) is 7.00. The summed E-state index contributed by atoms with van der Waals surface area (Å²) in [5.74, 6) is -0.121. The van der Waals surface area contributed by atoms with Gasteiger partial charge in [-0.3, -0.25) is 14.6 Å². The van der Waals surface area contributed by atoms with Gasteiger partial charge in [-0.25, -0.2) is 0 Å². The van der Waals surface area contributed by atoms with Crippen molar-refractivity contribution in [1.29, 1.82) is 0 Å². The minimum Gasteiger partial charge on any atom is -0.391 e. The van der Waals surface area contributed by atoms with Gasteiger partial charge in [0.1, 0.15) is 5.69 Å². The molecule has 112 valence electrons. The number of H-pyrrole nitrogens is 1. The molecule has 3 rings (SSSR count). The highest BCUT2D eigenvalue weighted by Crippen LogP contribution is 2.25. The van der Waals surface area contributed by atoms with Crippen LogP contribution in [0.3, 0.4) is 0 Å². The Hall–Kier alpha value is -2.15. The number of aromatic nitrogens is 4. The van der Waals surface area contributed by atoms with Gasteiger partial charge >= 0.3 is 0 Å². The maximum atomic E-state index is 12.3. The van der Waals surface area contributed by atoms with Crippen LogP contribution in [0.4, 0.5) is 0 Å². The van der Waals surface area contributed by atoms with E-state index in [1.165, 1.54) is 0 Å². The maximum absolute atomic E-state index is 12.3. The fraction of sp³-hybridized carbons (Fsp3) is 0.500. The number of hydrogen-bond donors (Lipinski definition) is 2. The van der Waals surface area contributed by atoms with E-state index in [-0.39, 0.29) is 5.91 Å². The number of aryl methyl sites for hydroxylation is 2. The molecule has 1 saturated heterocycles. The van der Waals surface area contributed by atoms with Crippen LogP contribution in [-0.2, 0) is 7.05 Å². The van der Waals surface area contributed by atoms with Crippen LogP contribution in [0.2, 0.25) is 0 Å². The third kappa shape index (κ3) is 2.33. The van der Waals surface area contributed by atoms with Crippen molar-refractivity contribution in [1.82, 2.24) is 24.9 Å². The summed E-state index contributed by atoms with van der Waals surface area (Å²) in [6, 6.07) is 1.75. The minimum atomic E-state index is -0.417. The van der Waals surface area contributed by atoms with Crippen molar-refractivity contribution in [2.45, 2.75) is 26.4 Å². The van der Waals surface area contributed by atoms with Crippen LogP contribution in [0, 0.1) is 13.8 Å². The van der Waals surface area contributed by atoms with Gasteiger partial charge in [0.25, 0.3) is 5.91 Å². The number of nitrogens with zero attached hydrogens (tertiary/aromatic N) is 4. The summed E-state index contributed by atoms with van der Waals surface area (Å²) in [6.07, 6.45) is 0.215. The molecular weight excluding hydrogens is 270 g/mol. The molecule has 1 aliphatic heterocycles. The second-order valence-corrected chi connectivity index (χ2v) is 5.53. The number of aromatic amines is 1. The van der Waals surface area contributed by atoms with E-state index in [0.717, 1.165) is 22.6 Å². The van der Waals surface area contributed by atoms with Crippen molar-refractivity contribution < 1.29 is 9.90 Å². The molecule has 1 atom stereocenters. The Morgan fingerprint density at radius 1 is 1.48 bits per heavy atom. The van der Waals surface area contributed by atoms with E-state index in [9.17, 15) is 9.90 Å². The van der Waals surface area contributed by atoms with Crippen LogP contribution in [0.25, 0.3) is 11.3 Å². The molecule has 1 amide bonds. The lowest BCUT2D eigenvalue weighted by Crippen LogP contribution is -2.29. The van der Waals surface area contributed by atoms with E-state index in [0.29, 0.717) is 25.2 Å². The third-order valence-electron chi connectivity index (χ3n) is 4.02. The molecule has 2 N–H and O–H groups in total. The average molecular weight is 289 g/mol. The van der Waals surface area contributed by atoms with Gasteiger partial charge in [-0.15, -0.1) is 0 Å². The Balaban J connectivity index is 1.88. The highest BCUT2D eigenvalue weighted by Gasteiger charge is 2.27. The van der Waals surface area contributed by atoms with Gasteiger partial charge in [0.15, 0.2) is 0 Å². The van der Waals surface area contributed by atoms with Crippen molar-refractivity contribution in [3.05, 3.63) is 23.1 Å². The zero-order valence-electron chi connectivity index (χ0n) is 12.4. The molecule has 2 aromatic rings. The number of hydrogen-bond acceptors (Lipinski definition) is 4. The fourth-order valence-corrected chi connectivity index (χ4v) is 2.80. The quantitative estimate of drug-likeness (QED) is 0.849. The third-order valence-corrected chi connectivity index (χ3v) is 4.02. The van der Waals surface area contributed by atoms with E-state index in [4.69, 9.17) is 0 Å². The molecule has 2 aromatic heterocycles. The van der Waals surface area contributed by atoms with Gasteiger partial charge in [-0.2, -0.15) is 10.2 Å². The smallest absolute Gasteiger partial charge is 0.271 e. The van der Waals surface area contributed by atoms with Gasteiger partial charge in [-0.1, -0.05) is 0 Å². The first-order chi connectivity index (χ1) is 9.97.